The Kier molecular flexibility index (Phi) is 3.86. The van der Waals surface area contributed by atoms with Gasteiger partial charge in [0.25, 0.3) is 0 Å². The van der Waals surface area contributed by atoms with Crippen molar-refractivity contribution in [1.29, 1.82) is 0 Å². The minimum Gasteiger partial charge on any atom is -0.496 e. The molecule has 0 radical (unpaired) electrons. The number of nitrogens with one attached hydrogen (secondary N) is 1. The minimum atomic E-state index is 0.734. The average Bonchev–Trinajstić information content (AvgIpc) is 3.08. The Morgan fingerprint density at radius 2 is 1.64 bits per heavy atom. The lowest BCUT2D eigenvalue weighted by Gasteiger charge is -2.11. The fourth-order valence-electron chi connectivity index (χ4n) is 3.12. The number of ether oxygens (including phenoxy) is 2. The number of fused-ring (bicyclic) bond motifs is 2. The predicted molar refractivity (Wildman–Crippen MR) is 102 cm³/mol. The van der Waals surface area contributed by atoms with Gasteiger partial charge < -0.3 is 14.5 Å². The Bertz CT molecular complexity index is 1080. The number of hydrogen-bond donors (Lipinski definition) is 1. The minimum absolute atomic E-state index is 0.734. The SMILES string of the molecule is COc1ccc(OC)c2c(/C=C\c3c[nH]c4ccccc34)ccnc12. The van der Waals surface area contributed by atoms with Gasteiger partial charge in [0.1, 0.15) is 17.0 Å². The molecule has 0 fully saturated rings. The van der Waals surface area contributed by atoms with Crippen molar-refractivity contribution in [2.75, 3.05) is 14.2 Å². The van der Waals surface area contributed by atoms with Gasteiger partial charge in [0.2, 0.25) is 0 Å². The van der Waals surface area contributed by atoms with Crippen LogP contribution in [0.15, 0.2) is 54.9 Å². The summed E-state index contributed by atoms with van der Waals surface area (Å²) in [6, 6.07) is 14.0. The largest absolute Gasteiger partial charge is 0.496 e. The molecule has 1 N–H and O–H groups in total. The number of rotatable bonds is 4. The summed E-state index contributed by atoms with van der Waals surface area (Å²) in [7, 11) is 3.32. The number of pyridine rings is 1. The maximum atomic E-state index is 5.54. The molecule has 0 amide bonds. The van der Waals surface area contributed by atoms with E-state index in [1.54, 1.807) is 20.4 Å². The van der Waals surface area contributed by atoms with Gasteiger partial charge in [0.15, 0.2) is 0 Å². The van der Waals surface area contributed by atoms with Gasteiger partial charge in [-0.2, -0.15) is 0 Å². The van der Waals surface area contributed by atoms with Gasteiger partial charge in [-0.3, -0.25) is 4.98 Å². The van der Waals surface area contributed by atoms with Crippen LogP contribution in [0.25, 0.3) is 34.0 Å². The van der Waals surface area contributed by atoms with E-state index in [0.717, 1.165) is 39.0 Å². The number of nitrogens with zero attached hydrogens (tertiary/aromatic N) is 1. The third-order valence-corrected chi connectivity index (χ3v) is 4.35. The van der Waals surface area contributed by atoms with Crippen molar-refractivity contribution in [2.24, 2.45) is 0 Å². The molecule has 124 valence electrons. The van der Waals surface area contributed by atoms with Crippen LogP contribution in [0.2, 0.25) is 0 Å². The summed E-state index contributed by atoms with van der Waals surface area (Å²) in [5.74, 6) is 1.51. The van der Waals surface area contributed by atoms with Crippen molar-refractivity contribution in [3.63, 3.8) is 0 Å². The van der Waals surface area contributed by atoms with Crippen LogP contribution in [-0.2, 0) is 0 Å². The van der Waals surface area contributed by atoms with Crippen molar-refractivity contribution in [2.45, 2.75) is 0 Å². The van der Waals surface area contributed by atoms with Crippen molar-refractivity contribution in [3.05, 3.63) is 66.0 Å². The van der Waals surface area contributed by atoms with E-state index < -0.39 is 0 Å². The highest BCUT2D eigenvalue weighted by atomic mass is 16.5. The molecule has 0 aliphatic heterocycles. The van der Waals surface area contributed by atoms with Gasteiger partial charge in [0, 0.05) is 23.3 Å². The molecule has 0 aliphatic carbocycles. The maximum absolute atomic E-state index is 5.54. The summed E-state index contributed by atoms with van der Waals surface area (Å²) in [6.07, 6.45) is 8.00. The van der Waals surface area contributed by atoms with Gasteiger partial charge in [-0.25, -0.2) is 0 Å². The Hall–Kier alpha value is -3.27. The second-order valence-electron chi connectivity index (χ2n) is 5.72. The molecule has 4 nitrogen and oxygen atoms in total. The van der Waals surface area contributed by atoms with Crippen molar-refractivity contribution in [1.82, 2.24) is 9.97 Å². The molecule has 2 aromatic carbocycles. The first-order valence-electron chi connectivity index (χ1n) is 8.05. The van der Waals surface area contributed by atoms with Crippen LogP contribution in [-0.4, -0.2) is 24.2 Å². The summed E-state index contributed by atoms with van der Waals surface area (Å²) in [5, 5.41) is 2.14. The summed E-state index contributed by atoms with van der Waals surface area (Å²) in [4.78, 5) is 7.77. The van der Waals surface area contributed by atoms with Crippen LogP contribution in [0.1, 0.15) is 11.1 Å². The number of para-hydroxylation sites is 1. The van der Waals surface area contributed by atoms with Crippen LogP contribution in [0.3, 0.4) is 0 Å². The molecule has 2 heterocycles. The first kappa shape index (κ1) is 15.3. The van der Waals surface area contributed by atoms with Gasteiger partial charge in [-0.05, 0) is 35.4 Å². The van der Waals surface area contributed by atoms with E-state index in [1.807, 2.05) is 36.5 Å². The molecule has 0 unspecified atom stereocenters. The summed E-state index contributed by atoms with van der Waals surface area (Å²) in [5.41, 5.74) is 4.09. The van der Waals surface area contributed by atoms with E-state index in [-0.39, 0.29) is 0 Å². The van der Waals surface area contributed by atoms with Gasteiger partial charge in [-0.15, -0.1) is 0 Å². The van der Waals surface area contributed by atoms with E-state index in [9.17, 15) is 0 Å². The van der Waals surface area contributed by atoms with Crippen LogP contribution < -0.4 is 9.47 Å². The van der Waals surface area contributed by atoms with Crippen LogP contribution in [0, 0.1) is 0 Å². The first-order valence-corrected chi connectivity index (χ1v) is 8.05. The second kappa shape index (κ2) is 6.32. The normalized spacial score (nSPS) is 11.4. The fraction of sp³-hybridized carbons (Fsp3) is 0.0952. The highest BCUT2D eigenvalue weighted by Crippen LogP contribution is 2.34. The average molecular weight is 330 g/mol. The number of hydrogen-bond acceptors (Lipinski definition) is 3. The summed E-state index contributed by atoms with van der Waals surface area (Å²) < 4.78 is 11.0. The highest BCUT2D eigenvalue weighted by Gasteiger charge is 2.11. The Morgan fingerprint density at radius 3 is 2.48 bits per heavy atom. The van der Waals surface area contributed by atoms with Crippen LogP contribution in [0.4, 0.5) is 0 Å². The molecule has 4 aromatic rings. The molecule has 4 rings (SSSR count). The molecular weight excluding hydrogens is 312 g/mol. The fourth-order valence-corrected chi connectivity index (χ4v) is 3.12. The standard InChI is InChI=1S/C21H18N2O2/c1-24-18-9-10-19(25-2)21-20(18)14(11-12-22-21)7-8-15-13-23-17-6-4-3-5-16(15)17/h3-13,23H,1-2H3/b8-7-. The van der Waals surface area contributed by atoms with Crippen LogP contribution in [0.5, 0.6) is 11.5 Å². The zero-order valence-corrected chi connectivity index (χ0v) is 14.1. The Morgan fingerprint density at radius 1 is 0.880 bits per heavy atom. The topological polar surface area (TPSA) is 47.1 Å². The third kappa shape index (κ3) is 2.62. The number of benzene rings is 2. The van der Waals surface area contributed by atoms with Crippen molar-refractivity contribution in [3.8, 4) is 11.5 Å². The number of methoxy groups -OCH3 is 2. The number of H-pyrrole nitrogens is 1. The third-order valence-electron chi connectivity index (χ3n) is 4.35. The lowest BCUT2D eigenvalue weighted by atomic mass is 10.1. The molecule has 0 saturated carbocycles. The predicted octanol–water partition coefficient (Wildman–Crippen LogP) is 4.90. The Labute approximate surface area is 145 Å². The second-order valence-corrected chi connectivity index (χ2v) is 5.72. The first-order chi connectivity index (χ1) is 12.3. The van der Waals surface area contributed by atoms with E-state index in [0.29, 0.717) is 0 Å². The van der Waals surface area contributed by atoms with Crippen LogP contribution >= 0.6 is 0 Å². The molecule has 2 aromatic heterocycles. The Balaban J connectivity index is 1.86. The molecule has 25 heavy (non-hydrogen) atoms. The summed E-state index contributed by atoms with van der Waals surface area (Å²) >= 11 is 0. The van der Waals surface area contributed by atoms with Crippen molar-refractivity contribution < 1.29 is 9.47 Å². The molecule has 4 heteroatoms. The molecular formula is C21H18N2O2. The quantitative estimate of drug-likeness (QED) is 0.579. The van der Waals surface area contributed by atoms with E-state index in [4.69, 9.17) is 9.47 Å². The van der Waals surface area contributed by atoms with Crippen molar-refractivity contribution >= 4 is 34.0 Å². The monoisotopic (exact) mass is 330 g/mol. The summed E-state index contributed by atoms with van der Waals surface area (Å²) in [6.45, 7) is 0. The molecule has 0 atom stereocenters. The lowest BCUT2D eigenvalue weighted by molar-refractivity contribution is 0.409. The lowest BCUT2D eigenvalue weighted by Crippen LogP contribution is -1.93. The zero-order chi connectivity index (χ0) is 17.2. The zero-order valence-electron chi connectivity index (χ0n) is 14.1. The van der Waals surface area contributed by atoms with Gasteiger partial charge in [0.05, 0.1) is 19.6 Å². The molecule has 0 spiro atoms. The van der Waals surface area contributed by atoms with Gasteiger partial charge in [-0.1, -0.05) is 30.4 Å². The smallest absolute Gasteiger partial charge is 0.145 e. The molecule has 0 saturated heterocycles. The highest BCUT2D eigenvalue weighted by molar-refractivity contribution is 5.99. The van der Waals surface area contributed by atoms with Gasteiger partial charge >= 0.3 is 0 Å². The van der Waals surface area contributed by atoms with E-state index in [1.165, 1.54) is 5.39 Å². The number of aromatic nitrogens is 2. The number of aromatic amines is 1. The molecule has 0 aliphatic rings. The van der Waals surface area contributed by atoms with E-state index >= 15 is 0 Å². The maximum Gasteiger partial charge on any atom is 0.145 e. The van der Waals surface area contributed by atoms with E-state index in [2.05, 4.69) is 34.3 Å². The molecule has 0 bridgehead atoms.